The van der Waals surface area contributed by atoms with Crippen molar-refractivity contribution in [3.63, 3.8) is 0 Å². The number of carbonyl (C=O) groups is 1. The molecule has 31 heavy (non-hydrogen) atoms. The van der Waals surface area contributed by atoms with Crippen molar-refractivity contribution < 1.29 is 17.6 Å². The highest BCUT2D eigenvalue weighted by molar-refractivity contribution is 9.10. The Morgan fingerprint density at radius 2 is 1.65 bits per heavy atom. The third-order valence-corrected chi connectivity index (χ3v) is 7.18. The summed E-state index contributed by atoms with van der Waals surface area (Å²) in [4.78, 5) is 12.6. The maximum atomic E-state index is 13.3. The highest BCUT2D eigenvalue weighted by Crippen LogP contribution is 2.26. The van der Waals surface area contributed by atoms with Crippen molar-refractivity contribution >= 4 is 60.7 Å². The molecule has 0 spiro atoms. The van der Waals surface area contributed by atoms with Gasteiger partial charge in [-0.05, 0) is 66.2 Å². The summed E-state index contributed by atoms with van der Waals surface area (Å²) in [5.41, 5.74) is 0.832. The first-order valence-electron chi connectivity index (χ1n) is 8.90. The van der Waals surface area contributed by atoms with Crippen molar-refractivity contribution in [2.45, 2.75) is 11.4 Å². The van der Waals surface area contributed by atoms with Crippen molar-refractivity contribution in [3.8, 4) is 0 Å². The maximum Gasteiger partial charge on any atom is 0.243 e. The van der Waals surface area contributed by atoms with Crippen LogP contribution in [-0.2, 0) is 21.4 Å². The van der Waals surface area contributed by atoms with Crippen LogP contribution in [0, 0.1) is 5.82 Å². The molecule has 0 unspecified atom stereocenters. The predicted octanol–water partition coefficient (Wildman–Crippen LogP) is 5.72. The van der Waals surface area contributed by atoms with Gasteiger partial charge in [-0.2, -0.15) is 4.31 Å². The van der Waals surface area contributed by atoms with Crippen molar-refractivity contribution in [2.75, 3.05) is 11.9 Å². The molecule has 0 atom stereocenters. The van der Waals surface area contributed by atoms with E-state index in [-0.39, 0.29) is 16.5 Å². The molecule has 162 valence electrons. The molecule has 0 aromatic heterocycles. The summed E-state index contributed by atoms with van der Waals surface area (Å²) >= 11 is 15.4. The summed E-state index contributed by atoms with van der Waals surface area (Å²) < 4.78 is 41.4. The van der Waals surface area contributed by atoms with Crippen LogP contribution in [0.3, 0.4) is 0 Å². The van der Waals surface area contributed by atoms with Gasteiger partial charge in [-0.25, -0.2) is 12.8 Å². The minimum Gasteiger partial charge on any atom is -0.325 e. The van der Waals surface area contributed by atoms with E-state index < -0.39 is 28.3 Å². The minimum atomic E-state index is -4.04. The van der Waals surface area contributed by atoms with Gasteiger partial charge in [0, 0.05) is 26.8 Å². The van der Waals surface area contributed by atoms with Crippen LogP contribution in [0.2, 0.25) is 10.0 Å². The summed E-state index contributed by atoms with van der Waals surface area (Å²) in [7, 11) is -4.04. The molecule has 3 aromatic rings. The quantitative estimate of drug-likeness (QED) is 0.412. The van der Waals surface area contributed by atoms with Crippen molar-refractivity contribution in [1.82, 2.24) is 4.31 Å². The average Bonchev–Trinajstić information content (AvgIpc) is 2.71. The van der Waals surface area contributed by atoms with Crippen molar-refractivity contribution in [2.24, 2.45) is 0 Å². The average molecular weight is 546 g/mol. The number of benzene rings is 3. The van der Waals surface area contributed by atoms with Crippen LogP contribution in [0.5, 0.6) is 0 Å². The molecule has 10 heteroatoms. The number of hydrogen-bond donors (Lipinski definition) is 1. The third-order valence-electron chi connectivity index (χ3n) is 4.26. The van der Waals surface area contributed by atoms with Gasteiger partial charge >= 0.3 is 0 Å². The lowest BCUT2D eigenvalue weighted by molar-refractivity contribution is -0.116. The van der Waals surface area contributed by atoms with Gasteiger partial charge < -0.3 is 5.32 Å². The van der Waals surface area contributed by atoms with Crippen molar-refractivity contribution in [3.05, 3.63) is 92.6 Å². The molecular weight excluding hydrogens is 530 g/mol. The predicted molar refractivity (Wildman–Crippen MR) is 123 cm³/mol. The summed E-state index contributed by atoms with van der Waals surface area (Å²) in [6, 6.07) is 15.9. The fourth-order valence-corrected chi connectivity index (χ4v) is 4.82. The second-order valence-electron chi connectivity index (χ2n) is 6.52. The van der Waals surface area contributed by atoms with Gasteiger partial charge in [0.1, 0.15) is 5.82 Å². The lowest BCUT2D eigenvalue weighted by Gasteiger charge is -2.22. The summed E-state index contributed by atoms with van der Waals surface area (Å²) in [5, 5.41) is 3.26. The van der Waals surface area contributed by atoms with E-state index in [0.29, 0.717) is 20.7 Å². The Kier molecular flexibility index (Phi) is 7.72. The first-order valence-corrected chi connectivity index (χ1v) is 11.9. The number of rotatable bonds is 7. The summed E-state index contributed by atoms with van der Waals surface area (Å²) in [6.45, 7) is -0.625. The first-order chi connectivity index (χ1) is 14.6. The Balaban J connectivity index is 1.90. The molecule has 0 aliphatic heterocycles. The minimum absolute atomic E-state index is 0.0235. The molecule has 0 saturated heterocycles. The smallest absolute Gasteiger partial charge is 0.243 e. The van der Waals surface area contributed by atoms with Crippen LogP contribution in [0.15, 0.2) is 76.1 Å². The third kappa shape index (κ3) is 6.27. The molecule has 0 heterocycles. The Labute approximate surface area is 198 Å². The van der Waals surface area contributed by atoms with E-state index in [9.17, 15) is 17.6 Å². The Morgan fingerprint density at radius 3 is 2.26 bits per heavy atom. The first kappa shape index (κ1) is 23.7. The van der Waals surface area contributed by atoms with Crippen LogP contribution >= 0.6 is 39.1 Å². The van der Waals surface area contributed by atoms with Crippen molar-refractivity contribution in [1.29, 1.82) is 0 Å². The number of anilines is 1. The van der Waals surface area contributed by atoms with E-state index in [1.54, 1.807) is 24.3 Å². The SMILES string of the molecule is O=C(CN(Cc1ccc(Cl)cc1Cl)S(=O)(=O)c1ccc(Br)cc1)Nc1ccc(F)cc1. The maximum absolute atomic E-state index is 13.3. The molecule has 3 rings (SSSR count). The van der Waals surface area contributed by atoms with E-state index in [4.69, 9.17) is 23.2 Å². The molecule has 1 amide bonds. The molecule has 0 aliphatic rings. The summed E-state index contributed by atoms with van der Waals surface area (Å²) in [5.74, 6) is -1.03. The molecule has 0 fully saturated rings. The number of nitrogens with one attached hydrogen (secondary N) is 1. The number of carbonyl (C=O) groups excluding carboxylic acids is 1. The van der Waals surface area contributed by atoms with Crippen LogP contribution in [0.25, 0.3) is 0 Å². The topological polar surface area (TPSA) is 66.5 Å². The van der Waals surface area contributed by atoms with Gasteiger partial charge in [-0.1, -0.05) is 45.2 Å². The molecule has 5 nitrogen and oxygen atoms in total. The fourth-order valence-electron chi connectivity index (χ4n) is 2.72. The van der Waals surface area contributed by atoms with E-state index in [2.05, 4.69) is 21.2 Å². The lowest BCUT2D eigenvalue weighted by atomic mass is 10.2. The van der Waals surface area contributed by atoms with Gasteiger partial charge in [0.15, 0.2) is 0 Å². The normalized spacial score (nSPS) is 11.5. The second kappa shape index (κ2) is 10.1. The van der Waals surface area contributed by atoms with Crippen LogP contribution in [0.4, 0.5) is 10.1 Å². The number of amides is 1. The van der Waals surface area contributed by atoms with Gasteiger partial charge in [-0.3, -0.25) is 4.79 Å². The molecule has 0 aliphatic carbocycles. The van der Waals surface area contributed by atoms with Crippen LogP contribution < -0.4 is 5.32 Å². The van der Waals surface area contributed by atoms with E-state index in [1.807, 2.05) is 0 Å². The Bertz CT molecular complexity index is 1190. The molecule has 0 saturated carbocycles. The zero-order valence-electron chi connectivity index (χ0n) is 15.9. The standard InChI is InChI=1S/C21H16BrCl2FN2O3S/c22-15-2-9-19(10-3-15)31(29,30)27(12-14-1-4-16(23)11-20(14)24)13-21(28)26-18-7-5-17(25)6-8-18/h1-11H,12-13H2,(H,26,28). The number of hydrogen-bond acceptors (Lipinski definition) is 3. The molecule has 3 aromatic carbocycles. The van der Waals surface area contributed by atoms with Gasteiger partial charge in [0.25, 0.3) is 0 Å². The molecular formula is C21H16BrCl2FN2O3S. The largest absolute Gasteiger partial charge is 0.325 e. The van der Waals surface area contributed by atoms with Gasteiger partial charge in [-0.15, -0.1) is 0 Å². The number of nitrogens with zero attached hydrogens (tertiary/aromatic N) is 1. The van der Waals surface area contributed by atoms with E-state index in [0.717, 1.165) is 4.31 Å². The summed E-state index contributed by atoms with van der Waals surface area (Å²) in [6.07, 6.45) is 0. The van der Waals surface area contributed by atoms with Crippen LogP contribution in [-0.4, -0.2) is 25.2 Å². The highest BCUT2D eigenvalue weighted by atomic mass is 79.9. The Hall–Kier alpha value is -1.97. The van der Waals surface area contributed by atoms with Gasteiger partial charge in [0.2, 0.25) is 15.9 Å². The zero-order valence-corrected chi connectivity index (χ0v) is 19.8. The number of halogens is 4. The lowest BCUT2D eigenvalue weighted by Crippen LogP contribution is -2.37. The highest BCUT2D eigenvalue weighted by Gasteiger charge is 2.27. The molecule has 0 bridgehead atoms. The second-order valence-corrected chi connectivity index (χ2v) is 10.2. The van der Waals surface area contributed by atoms with Crippen LogP contribution in [0.1, 0.15) is 5.56 Å². The van der Waals surface area contributed by atoms with E-state index in [1.165, 1.54) is 42.5 Å². The molecule has 1 N–H and O–H groups in total. The Morgan fingerprint density at radius 1 is 1.00 bits per heavy atom. The number of sulfonamides is 1. The fraction of sp³-hybridized carbons (Fsp3) is 0.0952. The zero-order chi connectivity index (χ0) is 22.6. The monoisotopic (exact) mass is 544 g/mol. The van der Waals surface area contributed by atoms with Gasteiger partial charge in [0.05, 0.1) is 11.4 Å². The van der Waals surface area contributed by atoms with E-state index >= 15 is 0 Å². The molecule has 0 radical (unpaired) electrons.